The molecule has 0 bridgehead atoms. The summed E-state index contributed by atoms with van der Waals surface area (Å²) in [5, 5.41) is 3.04. The number of nitrogens with zero attached hydrogens (tertiary/aromatic N) is 2. The van der Waals surface area contributed by atoms with E-state index < -0.39 is 11.7 Å². The van der Waals surface area contributed by atoms with Crippen molar-refractivity contribution in [1.29, 1.82) is 0 Å². The Balaban J connectivity index is 2.26. The summed E-state index contributed by atoms with van der Waals surface area (Å²) >= 11 is 0. The van der Waals surface area contributed by atoms with E-state index in [4.69, 9.17) is 0 Å². The number of benzene rings is 1. The predicted octanol–water partition coefficient (Wildman–Crippen LogP) is 2.94. The normalized spacial score (nSPS) is 13.4. The molecule has 2 aromatic rings. The van der Waals surface area contributed by atoms with E-state index in [1.165, 1.54) is 12.1 Å². The lowest BCUT2D eigenvalue weighted by Crippen LogP contribution is -2.21. The second-order valence-electron chi connectivity index (χ2n) is 4.62. The summed E-state index contributed by atoms with van der Waals surface area (Å²) in [6, 6.07) is 5.18. The number of hydrogen-bond acceptors (Lipinski definition) is 2. The zero-order valence-corrected chi connectivity index (χ0v) is 11.3. The van der Waals surface area contributed by atoms with E-state index >= 15 is 0 Å². The molecule has 6 heteroatoms. The second-order valence-corrected chi connectivity index (χ2v) is 4.62. The molecule has 0 aliphatic rings. The molecule has 1 aromatic carbocycles. The van der Waals surface area contributed by atoms with Crippen molar-refractivity contribution in [1.82, 2.24) is 14.9 Å². The molecule has 108 valence electrons. The van der Waals surface area contributed by atoms with E-state index in [1.807, 2.05) is 17.8 Å². The second kappa shape index (κ2) is 5.66. The molecule has 1 heterocycles. The summed E-state index contributed by atoms with van der Waals surface area (Å²) < 4.78 is 40.1. The third kappa shape index (κ3) is 3.19. The van der Waals surface area contributed by atoms with Crippen LogP contribution in [0.3, 0.4) is 0 Å². The minimum atomic E-state index is -4.32. The van der Waals surface area contributed by atoms with Crippen molar-refractivity contribution in [3.63, 3.8) is 0 Å². The Morgan fingerprint density at radius 3 is 2.65 bits per heavy atom. The fourth-order valence-electron chi connectivity index (χ4n) is 2.09. The molecular weight excluding hydrogens is 267 g/mol. The first-order valence-electron chi connectivity index (χ1n) is 6.22. The number of rotatable bonds is 4. The first-order chi connectivity index (χ1) is 9.41. The monoisotopic (exact) mass is 283 g/mol. The van der Waals surface area contributed by atoms with Crippen LogP contribution in [-0.4, -0.2) is 16.6 Å². The van der Waals surface area contributed by atoms with Crippen molar-refractivity contribution in [2.24, 2.45) is 7.05 Å². The minimum absolute atomic E-state index is 0.210. The van der Waals surface area contributed by atoms with Gasteiger partial charge < -0.3 is 9.88 Å². The SMILES string of the molecule is CNC(Cc1nccn1C)c1cccc(C(F)(F)F)c1. The predicted molar refractivity (Wildman–Crippen MR) is 70.2 cm³/mol. The molecule has 0 spiro atoms. The molecule has 3 nitrogen and oxygen atoms in total. The van der Waals surface area contributed by atoms with Gasteiger partial charge in [0.25, 0.3) is 0 Å². The molecule has 1 aromatic heterocycles. The molecule has 20 heavy (non-hydrogen) atoms. The van der Waals surface area contributed by atoms with Gasteiger partial charge in [-0.2, -0.15) is 13.2 Å². The molecule has 1 N–H and O–H groups in total. The van der Waals surface area contributed by atoms with Gasteiger partial charge in [-0.15, -0.1) is 0 Å². The first-order valence-corrected chi connectivity index (χ1v) is 6.22. The number of aryl methyl sites for hydroxylation is 1. The maximum Gasteiger partial charge on any atom is 0.416 e. The molecule has 1 unspecified atom stereocenters. The van der Waals surface area contributed by atoms with Gasteiger partial charge in [-0.1, -0.05) is 12.1 Å². The Hall–Kier alpha value is -1.82. The molecule has 0 aliphatic heterocycles. The van der Waals surface area contributed by atoms with Crippen LogP contribution in [0.25, 0.3) is 0 Å². The molecule has 0 radical (unpaired) electrons. The zero-order chi connectivity index (χ0) is 14.8. The Bertz CT molecular complexity index is 575. The highest BCUT2D eigenvalue weighted by atomic mass is 19.4. The van der Waals surface area contributed by atoms with Crippen LogP contribution in [0.4, 0.5) is 13.2 Å². The van der Waals surface area contributed by atoms with Gasteiger partial charge in [0.05, 0.1) is 5.56 Å². The van der Waals surface area contributed by atoms with E-state index in [1.54, 1.807) is 19.3 Å². The van der Waals surface area contributed by atoms with E-state index in [0.717, 1.165) is 11.9 Å². The van der Waals surface area contributed by atoms with Crippen LogP contribution < -0.4 is 5.32 Å². The molecule has 2 rings (SSSR count). The van der Waals surface area contributed by atoms with Crippen molar-refractivity contribution in [2.75, 3.05) is 7.05 Å². The van der Waals surface area contributed by atoms with E-state index in [9.17, 15) is 13.2 Å². The number of likely N-dealkylation sites (N-methyl/N-ethyl adjacent to an activating group) is 1. The number of imidazole rings is 1. The third-order valence-electron chi connectivity index (χ3n) is 3.27. The Morgan fingerprint density at radius 2 is 2.10 bits per heavy atom. The molecule has 1 atom stereocenters. The van der Waals surface area contributed by atoms with Gasteiger partial charge in [0.2, 0.25) is 0 Å². The quantitative estimate of drug-likeness (QED) is 0.935. The van der Waals surface area contributed by atoms with Gasteiger partial charge in [-0.05, 0) is 24.7 Å². The number of hydrogen-bond donors (Lipinski definition) is 1. The van der Waals surface area contributed by atoms with Crippen LogP contribution in [0.1, 0.15) is 23.0 Å². The number of aromatic nitrogens is 2. The van der Waals surface area contributed by atoms with Crippen molar-refractivity contribution in [2.45, 2.75) is 18.6 Å². The molecule has 0 amide bonds. The smallest absolute Gasteiger partial charge is 0.338 e. The van der Waals surface area contributed by atoms with Crippen LogP contribution in [0.5, 0.6) is 0 Å². The average Bonchev–Trinajstić information content (AvgIpc) is 2.80. The fourth-order valence-corrected chi connectivity index (χ4v) is 2.09. The fraction of sp³-hybridized carbons (Fsp3) is 0.357. The Kier molecular flexibility index (Phi) is 4.13. The molecule has 0 aliphatic carbocycles. The van der Waals surface area contributed by atoms with Crippen LogP contribution in [0, 0.1) is 0 Å². The number of nitrogens with one attached hydrogen (secondary N) is 1. The number of alkyl halides is 3. The topological polar surface area (TPSA) is 29.9 Å². The number of halogens is 3. The molecule has 0 saturated heterocycles. The highest BCUT2D eigenvalue weighted by Gasteiger charge is 2.31. The largest absolute Gasteiger partial charge is 0.416 e. The minimum Gasteiger partial charge on any atom is -0.338 e. The molecule has 0 fully saturated rings. The lowest BCUT2D eigenvalue weighted by atomic mass is 10.0. The van der Waals surface area contributed by atoms with Crippen molar-refractivity contribution in [3.05, 3.63) is 53.6 Å². The van der Waals surface area contributed by atoms with Crippen molar-refractivity contribution in [3.8, 4) is 0 Å². The zero-order valence-electron chi connectivity index (χ0n) is 11.3. The summed E-state index contributed by atoms with van der Waals surface area (Å²) in [5.74, 6) is 0.821. The Labute approximate surface area is 115 Å². The van der Waals surface area contributed by atoms with E-state index in [0.29, 0.717) is 12.0 Å². The summed E-state index contributed by atoms with van der Waals surface area (Å²) in [7, 11) is 3.59. The van der Waals surface area contributed by atoms with Gasteiger partial charge in [0.15, 0.2) is 0 Å². The van der Waals surface area contributed by atoms with Crippen LogP contribution in [0.2, 0.25) is 0 Å². The standard InChI is InChI=1S/C14H16F3N3/c1-18-12(9-13-19-6-7-20(13)2)10-4-3-5-11(8-10)14(15,16)17/h3-8,12,18H,9H2,1-2H3. The van der Waals surface area contributed by atoms with Crippen molar-refractivity contribution >= 4 is 0 Å². The maximum atomic E-state index is 12.7. The van der Waals surface area contributed by atoms with E-state index in [2.05, 4.69) is 10.3 Å². The first kappa shape index (κ1) is 14.6. The summed E-state index contributed by atoms with van der Waals surface area (Å²) in [4.78, 5) is 4.20. The van der Waals surface area contributed by atoms with E-state index in [-0.39, 0.29) is 6.04 Å². The summed E-state index contributed by atoms with van der Waals surface area (Å²) in [5.41, 5.74) is -0.0274. The highest BCUT2D eigenvalue weighted by molar-refractivity contribution is 5.28. The van der Waals surface area contributed by atoms with Gasteiger partial charge in [-0.3, -0.25) is 0 Å². The maximum absolute atomic E-state index is 12.7. The van der Waals surface area contributed by atoms with Crippen LogP contribution >= 0.6 is 0 Å². The lowest BCUT2D eigenvalue weighted by Gasteiger charge is -2.18. The van der Waals surface area contributed by atoms with Crippen LogP contribution in [0.15, 0.2) is 36.7 Å². The summed E-state index contributed by atoms with van der Waals surface area (Å²) in [6.07, 6.45) is -0.304. The third-order valence-corrected chi connectivity index (χ3v) is 3.27. The Morgan fingerprint density at radius 1 is 1.35 bits per heavy atom. The van der Waals surface area contributed by atoms with Gasteiger partial charge >= 0.3 is 6.18 Å². The lowest BCUT2D eigenvalue weighted by molar-refractivity contribution is -0.137. The highest BCUT2D eigenvalue weighted by Crippen LogP contribution is 2.31. The molecular formula is C14H16F3N3. The van der Waals surface area contributed by atoms with Gasteiger partial charge in [-0.25, -0.2) is 4.98 Å². The van der Waals surface area contributed by atoms with Gasteiger partial charge in [0.1, 0.15) is 5.82 Å². The molecule has 0 saturated carbocycles. The van der Waals surface area contributed by atoms with Crippen LogP contribution in [-0.2, 0) is 19.6 Å². The van der Waals surface area contributed by atoms with Crippen molar-refractivity contribution < 1.29 is 13.2 Å². The van der Waals surface area contributed by atoms with Gasteiger partial charge in [0, 0.05) is 31.9 Å². The average molecular weight is 283 g/mol. The summed E-state index contributed by atoms with van der Waals surface area (Å²) in [6.45, 7) is 0.